The molecule has 0 aromatic heterocycles. The van der Waals surface area contributed by atoms with Crippen LogP contribution in [0.3, 0.4) is 0 Å². The Morgan fingerprint density at radius 3 is 2.82 bits per heavy atom. The lowest BCUT2D eigenvalue weighted by Crippen LogP contribution is -2.32. The largest absolute Gasteiger partial charge is 0.351 e. The number of amides is 1. The first-order chi connectivity index (χ1) is 7.93. The standard InChI is InChI=1S/C11H13BrClNO2S/c1-7(17(2)16)6-14-11(15)8-4-3-5-9(12)10(8)13/h3-5,7H,6H2,1-2H3,(H,14,15)/t7-,17+/m1/s1. The Hall–Kier alpha value is -0.390. The van der Waals surface area contributed by atoms with Crippen molar-refractivity contribution < 1.29 is 9.00 Å². The van der Waals surface area contributed by atoms with Crippen LogP contribution in [0.2, 0.25) is 5.02 Å². The number of rotatable bonds is 4. The van der Waals surface area contributed by atoms with E-state index in [-0.39, 0.29) is 11.2 Å². The summed E-state index contributed by atoms with van der Waals surface area (Å²) in [5, 5.41) is 3.02. The van der Waals surface area contributed by atoms with Gasteiger partial charge in [-0.15, -0.1) is 0 Å². The third-order valence-electron chi connectivity index (χ3n) is 2.31. The molecule has 17 heavy (non-hydrogen) atoms. The first-order valence-corrected chi connectivity index (χ1v) is 7.77. The summed E-state index contributed by atoms with van der Waals surface area (Å²) in [7, 11) is -0.950. The first-order valence-electron chi connectivity index (χ1n) is 4.98. The Labute approximate surface area is 117 Å². The number of carbonyl (C=O) groups is 1. The van der Waals surface area contributed by atoms with Gasteiger partial charge in [0.2, 0.25) is 0 Å². The Morgan fingerprint density at radius 2 is 2.24 bits per heavy atom. The van der Waals surface area contributed by atoms with Crippen molar-refractivity contribution in [1.29, 1.82) is 0 Å². The average molecular weight is 339 g/mol. The second-order valence-electron chi connectivity index (χ2n) is 3.62. The maximum atomic E-state index is 11.8. The van der Waals surface area contributed by atoms with Crippen LogP contribution in [0.4, 0.5) is 0 Å². The van der Waals surface area contributed by atoms with Gasteiger partial charge in [0.25, 0.3) is 5.91 Å². The summed E-state index contributed by atoms with van der Waals surface area (Å²) in [4.78, 5) is 11.8. The van der Waals surface area contributed by atoms with Crippen LogP contribution in [-0.4, -0.2) is 28.2 Å². The number of nitrogens with one attached hydrogen (secondary N) is 1. The summed E-state index contributed by atoms with van der Waals surface area (Å²) in [6.45, 7) is 2.18. The van der Waals surface area contributed by atoms with Crippen molar-refractivity contribution in [1.82, 2.24) is 5.32 Å². The van der Waals surface area contributed by atoms with Crippen LogP contribution in [0.1, 0.15) is 17.3 Å². The van der Waals surface area contributed by atoms with Crippen LogP contribution >= 0.6 is 27.5 Å². The molecule has 1 aromatic rings. The summed E-state index contributed by atoms with van der Waals surface area (Å²) >= 11 is 9.26. The third-order valence-corrected chi connectivity index (χ3v) is 4.91. The number of benzene rings is 1. The van der Waals surface area contributed by atoms with E-state index in [1.165, 1.54) is 0 Å². The van der Waals surface area contributed by atoms with Crippen molar-refractivity contribution in [3.8, 4) is 0 Å². The van der Waals surface area contributed by atoms with E-state index in [0.717, 1.165) is 0 Å². The maximum Gasteiger partial charge on any atom is 0.252 e. The molecule has 0 unspecified atom stereocenters. The fourth-order valence-electron chi connectivity index (χ4n) is 1.13. The molecule has 0 bridgehead atoms. The van der Waals surface area contributed by atoms with Gasteiger partial charge in [-0.3, -0.25) is 9.00 Å². The highest BCUT2D eigenvalue weighted by molar-refractivity contribution is 9.10. The van der Waals surface area contributed by atoms with Crippen LogP contribution in [0.25, 0.3) is 0 Å². The summed E-state index contributed by atoms with van der Waals surface area (Å²) in [6, 6.07) is 5.16. The molecule has 0 spiro atoms. The van der Waals surface area contributed by atoms with Gasteiger partial charge < -0.3 is 5.32 Å². The molecule has 94 valence electrons. The topological polar surface area (TPSA) is 46.2 Å². The van der Waals surface area contributed by atoms with Crippen molar-refractivity contribution in [3.05, 3.63) is 33.3 Å². The van der Waals surface area contributed by atoms with Gasteiger partial charge in [0, 0.05) is 33.3 Å². The van der Waals surface area contributed by atoms with E-state index in [1.807, 2.05) is 6.92 Å². The zero-order valence-corrected chi connectivity index (χ0v) is 12.7. The van der Waals surface area contributed by atoms with Gasteiger partial charge in [-0.2, -0.15) is 0 Å². The van der Waals surface area contributed by atoms with E-state index < -0.39 is 10.8 Å². The van der Waals surface area contributed by atoms with Crippen molar-refractivity contribution in [3.63, 3.8) is 0 Å². The second-order valence-corrected chi connectivity index (χ2v) is 6.65. The Morgan fingerprint density at radius 1 is 1.59 bits per heavy atom. The van der Waals surface area contributed by atoms with E-state index in [2.05, 4.69) is 21.2 Å². The molecule has 3 nitrogen and oxygen atoms in total. The van der Waals surface area contributed by atoms with Gasteiger partial charge in [-0.05, 0) is 35.0 Å². The third kappa shape index (κ3) is 4.08. The van der Waals surface area contributed by atoms with Gasteiger partial charge in [0.1, 0.15) is 0 Å². The maximum absolute atomic E-state index is 11.8. The molecule has 0 fully saturated rings. The number of hydrogen-bond acceptors (Lipinski definition) is 2. The van der Waals surface area contributed by atoms with Crippen LogP contribution in [0.5, 0.6) is 0 Å². The fraction of sp³-hybridized carbons (Fsp3) is 0.364. The monoisotopic (exact) mass is 337 g/mol. The fourth-order valence-corrected chi connectivity index (χ4v) is 2.02. The molecule has 0 radical (unpaired) electrons. The molecule has 0 saturated carbocycles. The number of hydrogen-bond donors (Lipinski definition) is 1. The lowest BCUT2D eigenvalue weighted by Gasteiger charge is -2.11. The molecule has 0 heterocycles. The minimum atomic E-state index is -0.950. The average Bonchev–Trinajstić information content (AvgIpc) is 2.29. The van der Waals surface area contributed by atoms with Crippen molar-refractivity contribution in [2.45, 2.75) is 12.2 Å². The molecular weight excluding hydrogens is 326 g/mol. The van der Waals surface area contributed by atoms with Gasteiger partial charge in [0.05, 0.1) is 10.6 Å². The minimum Gasteiger partial charge on any atom is -0.351 e. The summed E-state index contributed by atoms with van der Waals surface area (Å²) in [5.41, 5.74) is 0.412. The molecular formula is C11H13BrClNO2S. The molecule has 1 amide bonds. The van der Waals surface area contributed by atoms with Crippen molar-refractivity contribution in [2.75, 3.05) is 12.8 Å². The van der Waals surface area contributed by atoms with E-state index in [4.69, 9.17) is 11.6 Å². The molecule has 0 aliphatic heterocycles. The molecule has 1 N–H and O–H groups in total. The van der Waals surface area contributed by atoms with Crippen molar-refractivity contribution in [2.24, 2.45) is 0 Å². The molecule has 0 aliphatic rings. The van der Waals surface area contributed by atoms with Gasteiger partial charge in [0.15, 0.2) is 0 Å². The Balaban J connectivity index is 2.71. The molecule has 6 heteroatoms. The predicted molar refractivity (Wildman–Crippen MR) is 75.0 cm³/mol. The second kappa shape index (κ2) is 6.52. The minimum absolute atomic E-state index is 0.0788. The summed E-state index contributed by atoms with van der Waals surface area (Å²) < 4.78 is 11.8. The van der Waals surface area contributed by atoms with Crippen LogP contribution < -0.4 is 5.32 Å². The lowest BCUT2D eigenvalue weighted by molar-refractivity contribution is 0.0954. The smallest absolute Gasteiger partial charge is 0.252 e. The molecule has 1 aromatic carbocycles. The molecule has 1 rings (SSSR count). The number of halogens is 2. The Bertz CT molecular complexity index is 453. The van der Waals surface area contributed by atoms with E-state index in [9.17, 15) is 9.00 Å². The van der Waals surface area contributed by atoms with Crippen LogP contribution in [-0.2, 0) is 10.8 Å². The van der Waals surface area contributed by atoms with E-state index in [0.29, 0.717) is 21.6 Å². The summed E-state index contributed by atoms with van der Waals surface area (Å²) in [5.74, 6) is -0.256. The zero-order chi connectivity index (χ0) is 13.0. The predicted octanol–water partition coefficient (Wildman–Crippen LogP) is 2.60. The highest BCUT2D eigenvalue weighted by Gasteiger charge is 2.14. The van der Waals surface area contributed by atoms with Gasteiger partial charge in [-0.1, -0.05) is 17.7 Å². The summed E-state index contributed by atoms with van der Waals surface area (Å²) in [6.07, 6.45) is 1.61. The lowest BCUT2D eigenvalue weighted by atomic mass is 10.2. The molecule has 0 aliphatic carbocycles. The van der Waals surface area contributed by atoms with Crippen LogP contribution in [0, 0.1) is 0 Å². The highest BCUT2D eigenvalue weighted by Crippen LogP contribution is 2.25. The molecule has 2 atom stereocenters. The first kappa shape index (κ1) is 14.7. The van der Waals surface area contributed by atoms with Crippen LogP contribution in [0.15, 0.2) is 22.7 Å². The SMILES string of the molecule is C[C@H](CNC(=O)c1cccc(Br)c1Cl)[S@](C)=O. The quantitative estimate of drug-likeness (QED) is 0.917. The molecule has 0 saturated heterocycles. The van der Waals surface area contributed by atoms with E-state index in [1.54, 1.807) is 24.5 Å². The van der Waals surface area contributed by atoms with Crippen molar-refractivity contribution >= 4 is 44.2 Å². The van der Waals surface area contributed by atoms with Gasteiger partial charge in [-0.25, -0.2) is 0 Å². The Kier molecular flexibility index (Phi) is 5.62. The normalized spacial score (nSPS) is 14.1. The number of carbonyl (C=O) groups excluding carboxylic acids is 1. The van der Waals surface area contributed by atoms with E-state index >= 15 is 0 Å². The highest BCUT2D eigenvalue weighted by atomic mass is 79.9. The zero-order valence-electron chi connectivity index (χ0n) is 9.50. The van der Waals surface area contributed by atoms with Gasteiger partial charge >= 0.3 is 0 Å².